The van der Waals surface area contributed by atoms with E-state index in [0.29, 0.717) is 0 Å². The van der Waals surface area contributed by atoms with Crippen molar-refractivity contribution in [2.24, 2.45) is 5.16 Å². The van der Waals surface area contributed by atoms with E-state index >= 15 is 0 Å². The molecule has 0 amide bonds. The fraction of sp³-hybridized carbons (Fsp3) is 0.250. The highest BCUT2D eigenvalue weighted by atomic mass is 16.5. The quantitative estimate of drug-likeness (QED) is 0.328. The number of hydrogen-bond acceptors (Lipinski definition) is 5. The van der Waals surface area contributed by atoms with Gasteiger partial charge in [0.2, 0.25) is 5.71 Å². The minimum absolute atomic E-state index is 0.181. The highest BCUT2D eigenvalue weighted by Crippen LogP contribution is 2.03. The number of esters is 1. The molecule has 0 aliphatic rings. The Morgan fingerprint density at radius 3 is 3.00 bits per heavy atom. The van der Waals surface area contributed by atoms with Crippen LogP contribution in [-0.4, -0.2) is 23.5 Å². The minimum atomic E-state index is -0.708. The van der Waals surface area contributed by atoms with Crippen molar-refractivity contribution in [3.05, 3.63) is 24.2 Å². The Balaban J connectivity index is 2.82. The first-order valence-corrected chi connectivity index (χ1v) is 3.72. The molecule has 0 aliphatic carbocycles. The predicted octanol–water partition coefficient (Wildman–Crippen LogP) is 1.02. The number of carbonyl (C=O) groups excluding carboxylic acids is 1. The van der Waals surface area contributed by atoms with E-state index in [1.807, 2.05) is 0 Å². The van der Waals surface area contributed by atoms with Crippen LogP contribution in [0.4, 0.5) is 0 Å². The van der Waals surface area contributed by atoms with Crippen LogP contribution in [0.15, 0.2) is 28.0 Å². The fourth-order valence-corrected chi connectivity index (χ4v) is 0.803. The molecule has 0 aromatic carbocycles. The number of ether oxygens (including phenoxy) is 1. The molecule has 70 valence electrons. The minimum Gasteiger partial charge on any atom is -0.462 e. The molecule has 0 spiro atoms. The molecule has 0 aliphatic heterocycles. The van der Waals surface area contributed by atoms with Gasteiger partial charge in [0, 0.05) is 0 Å². The SMILES string of the molecule is CCOC(=O)C(=NO)c1ccco1. The van der Waals surface area contributed by atoms with Crippen LogP contribution in [0.2, 0.25) is 0 Å². The van der Waals surface area contributed by atoms with Crippen molar-refractivity contribution in [2.45, 2.75) is 6.92 Å². The Hall–Kier alpha value is -1.78. The first kappa shape index (κ1) is 9.31. The van der Waals surface area contributed by atoms with E-state index in [4.69, 9.17) is 9.62 Å². The van der Waals surface area contributed by atoms with E-state index in [1.165, 1.54) is 12.3 Å². The number of hydrogen-bond donors (Lipinski definition) is 1. The second-order valence-corrected chi connectivity index (χ2v) is 2.15. The van der Waals surface area contributed by atoms with Gasteiger partial charge in [-0.1, -0.05) is 5.16 Å². The Morgan fingerprint density at radius 2 is 2.54 bits per heavy atom. The van der Waals surface area contributed by atoms with Gasteiger partial charge in [-0.25, -0.2) is 4.79 Å². The summed E-state index contributed by atoms with van der Waals surface area (Å²) in [5.41, 5.74) is -0.230. The van der Waals surface area contributed by atoms with Gasteiger partial charge in [-0.2, -0.15) is 0 Å². The molecular weight excluding hydrogens is 174 g/mol. The molecule has 1 N–H and O–H groups in total. The summed E-state index contributed by atoms with van der Waals surface area (Å²) in [6.45, 7) is 1.88. The molecule has 0 atom stereocenters. The van der Waals surface area contributed by atoms with E-state index in [9.17, 15) is 4.79 Å². The topological polar surface area (TPSA) is 72.0 Å². The number of oxime groups is 1. The zero-order valence-corrected chi connectivity index (χ0v) is 7.06. The van der Waals surface area contributed by atoms with Gasteiger partial charge in [-0.15, -0.1) is 0 Å². The van der Waals surface area contributed by atoms with E-state index in [0.717, 1.165) is 0 Å². The van der Waals surface area contributed by atoms with E-state index in [1.54, 1.807) is 13.0 Å². The van der Waals surface area contributed by atoms with E-state index < -0.39 is 5.97 Å². The molecule has 1 aromatic rings. The van der Waals surface area contributed by atoms with Gasteiger partial charge < -0.3 is 14.4 Å². The van der Waals surface area contributed by atoms with Crippen molar-refractivity contribution in [1.29, 1.82) is 0 Å². The average Bonchev–Trinajstić information content (AvgIpc) is 2.59. The van der Waals surface area contributed by atoms with Crippen molar-refractivity contribution in [3.63, 3.8) is 0 Å². The Bertz CT molecular complexity index is 302. The summed E-state index contributed by atoms with van der Waals surface area (Å²) in [4.78, 5) is 11.1. The molecule has 1 aromatic heterocycles. The number of nitrogens with zero attached hydrogens (tertiary/aromatic N) is 1. The molecule has 5 nitrogen and oxygen atoms in total. The summed E-state index contributed by atoms with van der Waals surface area (Å²) in [6, 6.07) is 3.09. The Kier molecular flexibility index (Phi) is 3.08. The summed E-state index contributed by atoms with van der Waals surface area (Å²) in [5.74, 6) is -0.527. The van der Waals surface area contributed by atoms with Crippen LogP contribution >= 0.6 is 0 Å². The lowest BCUT2D eigenvalue weighted by Gasteiger charge is -1.99. The van der Waals surface area contributed by atoms with Gasteiger partial charge in [0.15, 0.2) is 5.76 Å². The van der Waals surface area contributed by atoms with Crippen LogP contribution in [0.3, 0.4) is 0 Å². The van der Waals surface area contributed by atoms with Gasteiger partial charge in [0.1, 0.15) is 0 Å². The summed E-state index contributed by atoms with van der Waals surface area (Å²) in [7, 11) is 0. The summed E-state index contributed by atoms with van der Waals surface area (Å²) >= 11 is 0. The van der Waals surface area contributed by atoms with Gasteiger partial charge in [-0.05, 0) is 19.1 Å². The van der Waals surface area contributed by atoms with Gasteiger partial charge in [-0.3, -0.25) is 0 Å². The zero-order valence-electron chi connectivity index (χ0n) is 7.06. The zero-order chi connectivity index (χ0) is 9.68. The van der Waals surface area contributed by atoms with Crippen LogP contribution in [0, 0.1) is 0 Å². The highest BCUT2D eigenvalue weighted by Gasteiger charge is 2.18. The lowest BCUT2D eigenvalue weighted by Crippen LogP contribution is -2.18. The molecule has 1 heterocycles. The molecular formula is C8H9NO4. The van der Waals surface area contributed by atoms with E-state index in [2.05, 4.69) is 9.89 Å². The van der Waals surface area contributed by atoms with Crippen LogP contribution in [0.25, 0.3) is 0 Å². The number of furan rings is 1. The normalized spacial score (nSPS) is 11.3. The van der Waals surface area contributed by atoms with Crippen LogP contribution < -0.4 is 0 Å². The number of carbonyl (C=O) groups is 1. The molecule has 0 saturated heterocycles. The molecule has 0 radical (unpaired) electrons. The van der Waals surface area contributed by atoms with Gasteiger partial charge >= 0.3 is 5.97 Å². The molecule has 0 saturated carbocycles. The summed E-state index contributed by atoms with van der Waals surface area (Å²) < 4.78 is 9.49. The maximum absolute atomic E-state index is 11.1. The monoisotopic (exact) mass is 183 g/mol. The van der Waals surface area contributed by atoms with Crippen molar-refractivity contribution in [2.75, 3.05) is 6.61 Å². The third kappa shape index (κ3) is 2.08. The third-order valence-corrected chi connectivity index (χ3v) is 1.32. The van der Waals surface area contributed by atoms with Crippen LogP contribution in [0.5, 0.6) is 0 Å². The van der Waals surface area contributed by atoms with Crippen LogP contribution in [0.1, 0.15) is 12.7 Å². The molecule has 0 unspecified atom stereocenters. The van der Waals surface area contributed by atoms with Gasteiger partial charge in [0.25, 0.3) is 0 Å². The highest BCUT2D eigenvalue weighted by molar-refractivity contribution is 6.42. The Labute approximate surface area is 74.6 Å². The summed E-state index contributed by atoms with van der Waals surface area (Å²) in [6.07, 6.45) is 1.37. The largest absolute Gasteiger partial charge is 0.462 e. The van der Waals surface area contributed by atoms with Gasteiger partial charge in [0.05, 0.1) is 12.9 Å². The van der Waals surface area contributed by atoms with Crippen molar-refractivity contribution in [1.82, 2.24) is 0 Å². The molecule has 0 fully saturated rings. The van der Waals surface area contributed by atoms with Crippen molar-refractivity contribution >= 4 is 11.7 Å². The second-order valence-electron chi connectivity index (χ2n) is 2.15. The lowest BCUT2D eigenvalue weighted by atomic mass is 10.3. The average molecular weight is 183 g/mol. The number of rotatable bonds is 3. The van der Waals surface area contributed by atoms with Crippen molar-refractivity contribution in [3.8, 4) is 0 Å². The first-order valence-electron chi connectivity index (χ1n) is 3.72. The molecule has 0 bridgehead atoms. The predicted molar refractivity (Wildman–Crippen MR) is 43.7 cm³/mol. The van der Waals surface area contributed by atoms with Crippen LogP contribution in [-0.2, 0) is 9.53 Å². The Morgan fingerprint density at radius 1 is 1.77 bits per heavy atom. The molecule has 13 heavy (non-hydrogen) atoms. The summed E-state index contributed by atoms with van der Waals surface area (Å²) in [5, 5.41) is 11.3. The maximum Gasteiger partial charge on any atom is 0.364 e. The maximum atomic E-state index is 11.1. The smallest absolute Gasteiger partial charge is 0.364 e. The van der Waals surface area contributed by atoms with E-state index in [-0.39, 0.29) is 18.1 Å². The van der Waals surface area contributed by atoms with Crippen molar-refractivity contribution < 1.29 is 19.2 Å². The molecule has 1 rings (SSSR count). The second kappa shape index (κ2) is 4.30. The fourth-order valence-electron chi connectivity index (χ4n) is 0.803. The standard InChI is InChI=1S/C8H9NO4/c1-2-12-8(10)7(9-11)6-4-3-5-13-6/h3-5,11H,2H2,1H3. The third-order valence-electron chi connectivity index (χ3n) is 1.32. The lowest BCUT2D eigenvalue weighted by molar-refractivity contribution is -0.135. The molecule has 5 heteroatoms. The first-order chi connectivity index (χ1) is 6.29.